The lowest BCUT2D eigenvalue weighted by Gasteiger charge is -2.17. The Kier molecular flexibility index (Phi) is 4.80. The summed E-state index contributed by atoms with van der Waals surface area (Å²) in [6.07, 6.45) is 2.90. The highest BCUT2D eigenvalue weighted by molar-refractivity contribution is 7.15. The lowest BCUT2D eigenvalue weighted by Crippen LogP contribution is -2.30. The van der Waals surface area contributed by atoms with Gasteiger partial charge in [-0.1, -0.05) is 0 Å². The van der Waals surface area contributed by atoms with E-state index in [-0.39, 0.29) is 24.0 Å². The predicted octanol–water partition coefficient (Wildman–Crippen LogP) is 1.35. The number of hydrogen-bond acceptors (Lipinski definition) is 5. The maximum Gasteiger partial charge on any atom is 0.258 e. The SMILES string of the molecule is CC(N)C1CCN(Cc2cc(=O)n3ccsc3n2)C1.Cl. The number of halogens is 1. The van der Waals surface area contributed by atoms with Gasteiger partial charge in [-0.2, -0.15) is 0 Å². The van der Waals surface area contributed by atoms with Gasteiger partial charge in [0, 0.05) is 36.8 Å². The Morgan fingerprint density at radius 3 is 3.10 bits per heavy atom. The van der Waals surface area contributed by atoms with Gasteiger partial charge in [0.15, 0.2) is 4.96 Å². The second-order valence-electron chi connectivity index (χ2n) is 5.28. The zero-order valence-electron chi connectivity index (χ0n) is 11.4. The summed E-state index contributed by atoms with van der Waals surface area (Å²) in [5.74, 6) is 0.562. The second kappa shape index (κ2) is 6.22. The molecule has 3 heterocycles. The summed E-state index contributed by atoms with van der Waals surface area (Å²) >= 11 is 1.49. The molecule has 0 radical (unpaired) electrons. The number of rotatable bonds is 3. The summed E-state index contributed by atoms with van der Waals surface area (Å²) in [7, 11) is 0. The molecule has 2 unspecified atom stereocenters. The minimum Gasteiger partial charge on any atom is -0.328 e. The first-order valence-corrected chi connectivity index (χ1v) is 7.45. The Bertz CT molecular complexity index is 639. The highest BCUT2D eigenvalue weighted by atomic mass is 35.5. The van der Waals surface area contributed by atoms with Crippen molar-refractivity contribution in [2.45, 2.75) is 25.9 Å². The predicted molar refractivity (Wildman–Crippen MR) is 83.6 cm³/mol. The molecule has 1 aliphatic heterocycles. The number of hydrogen-bond donors (Lipinski definition) is 1. The van der Waals surface area contributed by atoms with E-state index < -0.39 is 0 Å². The number of fused-ring (bicyclic) bond motifs is 1. The van der Waals surface area contributed by atoms with Gasteiger partial charge in [0.1, 0.15) is 0 Å². The van der Waals surface area contributed by atoms with Crippen LogP contribution < -0.4 is 11.3 Å². The molecule has 5 nitrogen and oxygen atoms in total. The van der Waals surface area contributed by atoms with Crippen molar-refractivity contribution in [3.8, 4) is 0 Å². The third kappa shape index (κ3) is 3.03. The van der Waals surface area contributed by atoms with Crippen molar-refractivity contribution >= 4 is 28.7 Å². The normalized spacial score (nSPS) is 21.0. The van der Waals surface area contributed by atoms with Crippen molar-refractivity contribution in [1.29, 1.82) is 0 Å². The highest BCUT2D eigenvalue weighted by Crippen LogP contribution is 2.20. The van der Waals surface area contributed by atoms with Crippen LogP contribution in [0.2, 0.25) is 0 Å². The molecule has 1 fully saturated rings. The van der Waals surface area contributed by atoms with Gasteiger partial charge in [0.2, 0.25) is 0 Å². The molecule has 2 aromatic heterocycles. The fraction of sp³-hybridized carbons (Fsp3) is 0.538. The quantitative estimate of drug-likeness (QED) is 0.929. The topological polar surface area (TPSA) is 63.6 Å². The minimum atomic E-state index is 0. The second-order valence-corrected chi connectivity index (χ2v) is 6.16. The number of likely N-dealkylation sites (tertiary alicyclic amines) is 1. The van der Waals surface area contributed by atoms with E-state index >= 15 is 0 Å². The highest BCUT2D eigenvalue weighted by Gasteiger charge is 2.25. The molecular formula is C13H19ClN4OS. The van der Waals surface area contributed by atoms with Crippen molar-refractivity contribution in [2.75, 3.05) is 13.1 Å². The summed E-state index contributed by atoms with van der Waals surface area (Å²) in [5, 5.41) is 1.88. The Hall–Kier alpha value is -0.950. The van der Waals surface area contributed by atoms with Crippen molar-refractivity contribution < 1.29 is 0 Å². The maximum atomic E-state index is 11.9. The van der Waals surface area contributed by atoms with Crippen LogP contribution in [0.15, 0.2) is 22.4 Å². The third-order valence-corrected chi connectivity index (χ3v) is 4.55. The average Bonchev–Trinajstić information content (AvgIpc) is 2.97. The van der Waals surface area contributed by atoms with E-state index in [1.165, 1.54) is 11.3 Å². The molecule has 20 heavy (non-hydrogen) atoms. The molecule has 2 aromatic rings. The Labute approximate surface area is 127 Å². The zero-order chi connectivity index (χ0) is 13.4. The summed E-state index contributed by atoms with van der Waals surface area (Å²) in [6.45, 7) is 4.85. The summed E-state index contributed by atoms with van der Waals surface area (Å²) in [5.41, 5.74) is 6.81. The van der Waals surface area contributed by atoms with Crippen LogP contribution in [0.5, 0.6) is 0 Å². The van der Waals surface area contributed by atoms with Gasteiger partial charge >= 0.3 is 0 Å². The average molecular weight is 315 g/mol. The summed E-state index contributed by atoms with van der Waals surface area (Å²) in [4.78, 5) is 19.5. The molecule has 0 spiro atoms. The number of nitrogens with zero attached hydrogens (tertiary/aromatic N) is 3. The lowest BCUT2D eigenvalue weighted by molar-refractivity contribution is 0.305. The van der Waals surface area contributed by atoms with E-state index in [0.717, 1.165) is 36.7 Å². The minimum absolute atomic E-state index is 0. The molecule has 3 rings (SSSR count). The van der Waals surface area contributed by atoms with E-state index in [1.807, 2.05) is 5.38 Å². The molecule has 2 atom stereocenters. The van der Waals surface area contributed by atoms with Crippen LogP contribution in [-0.4, -0.2) is 33.4 Å². The molecule has 0 amide bonds. The molecule has 0 bridgehead atoms. The van der Waals surface area contributed by atoms with Gasteiger partial charge in [-0.05, 0) is 25.8 Å². The van der Waals surface area contributed by atoms with Crippen LogP contribution in [0.1, 0.15) is 19.0 Å². The van der Waals surface area contributed by atoms with Crippen LogP contribution in [0.3, 0.4) is 0 Å². The lowest BCUT2D eigenvalue weighted by atomic mass is 10.0. The van der Waals surface area contributed by atoms with Crippen molar-refractivity contribution in [3.05, 3.63) is 33.7 Å². The summed E-state index contributed by atoms with van der Waals surface area (Å²) < 4.78 is 1.59. The molecule has 0 aliphatic carbocycles. The van der Waals surface area contributed by atoms with E-state index in [9.17, 15) is 4.79 Å². The fourth-order valence-electron chi connectivity index (χ4n) is 2.63. The van der Waals surface area contributed by atoms with Gasteiger partial charge in [-0.15, -0.1) is 23.7 Å². The number of nitrogens with two attached hydrogens (primary N) is 1. The monoisotopic (exact) mass is 314 g/mol. The fourth-order valence-corrected chi connectivity index (χ4v) is 3.37. The maximum absolute atomic E-state index is 11.9. The molecule has 0 aromatic carbocycles. The largest absolute Gasteiger partial charge is 0.328 e. The third-order valence-electron chi connectivity index (χ3n) is 3.79. The van der Waals surface area contributed by atoms with Crippen molar-refractivity contribution in [1.82, 2.24) is 14.3 Å². The van der Waals surface area contributed by atoms with Crippen LogP contribution in [0, 0.1) is 5.92 Å². The number of thiazole rings is 1. The van der Waals surface area contributed by atoms with Gasteiger partial charge in [-0.3, -0.25) is 14.1 Å². The van der Waals surface area contributed by atoms with Crippen LogP contribution in [-0.2, 0) is 6.54 Å². The van der Waals surface area contributed by atoms with Crippen molar-refractivity contribution in [3.63, 3.8) is 0 Å². The molecule has 1 aliphatic rings. The first-order valence-electron chi connectivity index (χ1n) is 6.57. The molecular weight excluding hydrogens is 296 g/mol. The first-order chi connectivity index (χ1) is 9.13. The molecule has 1 saturated heterocycles. The first kappa shape index (κ1) is 15.4. The number of aromatic nitrogens is 2. The van der Waals surface area contributed by atoms with E-state index in [1.54, 1.807) is 16.7 Å². The Balaban J connectivity index is 0.00000147. The van der Waals surface area contributed by atoms with E-state index in [2.05, 4.69) is 16.8 Å². The van der Waals surface area contributed by atoms with Gasteiger partial charge in [0.05, 0.1) is 5.69 Å². The Morgan fingerprint density at radius 2 is 2.40 bits per heavy atom. The summed E-state index contributed by atoms with van der Waals surface area (Å²) in [6, 6.07) is 1.88. The standard InChI is InChI=1S/C13H18N4OS.ClH/c1-9(14)10-2-3-16(7-10)8-11-6-12(18)17-4-5-19-13(17)15-11;/h4-6,9-10H,2-3,7-8,14H2,1H3;1H. The zero-order valence-corrected chi connectivity index (χ0v) is 13.0. The molecule has 110 valence electrons. The van der Waals surface area contributed by atoms with Crippen molar-refractivity contribution in [2.24, 2.45) is 11.7 Å². The van der Waals surface area contributed by atoms with E-state index in [4.69, 9.17) is 5.73 Å². The van der Waals surface area contributed by atoms with Crippen LogP contribution in [0.4, 0.5) is 0 Å². The molecule has 2 N–H and O–H groups in total. The van der Waals surface area contributed by atoms with Gasteiger partial charge in [0.25, 0.3) is 5.56 Å². The Morgan fingerprint density at radius 1 is 1.60 bits per heavy atom. The molecule has 7 heteroatoms. The van der Waals surface area contributed by atoms with Crippen LogP contribution >= 0.6 is 23.7 Å². The molecule has 0 saturated carbocycles. The van der Waals surface area contributed by atoms with Gasteiger partial charge in [-0.25, -0.2) is 4.98 Å². The van der Waals surface area contributed by atoms with Crippen LogP contribution in [0.25, 0.3) is 4.96 Å². The smallest absolute Gasteiger partial charge is 0.258 e. The van der Waals surface area contributed by atoms with Gasteiger partial charge < -0.3 is 5.73 Å². The van der Waals surface area contributed by atoms with E-state index in [0.29, 0.717) is 5.92 Å².